The summed E-state index contributed by atoms with van der Waals surface area (Å²) in [6, 6.07) is 13.5. The molecule has 1 heterocycles. The van der Waals surface area contributed by atoms with Crippen molar-refractivity contribution in [1.29, 1.82) is 0 Å². The molecule has 0 aliphatic heterocycles. The van der Waals surface area contributed by atoms with Crippen LogP contribution in [-0.4, -0.2) is 39.4 Å². The summed E-state index contributed by atoms with van der Waals surface area (Å²) in [5.41, 5.74) is 1.07. The van der Waals surface area contributed by atoms with Crippen LogP contribution in [0.25, 0.3) is 0 Å². The van der Waals surface area contributed by atoms with Crippen LogP contribution >= 0.6 is 23.4 Å². The van der Waals surface area contributed by atoms with E-state index in [9.17, 15) is 9.59 Å². The maximum absolute atomic E-state index is 12.5. The Balaban J connectivity index is 1.57. The zero-order chi connectivity index (χ0) is 22.4. The highest BCUT2D eigenvalue weighted by atomic mass is 35.5. The number of thioether (sulfide) groups is 1. The van der Waals surface area contributed by atoms with Gasteiger partial charge in [0.15, 0.2) is 11.0 Å². The van der Waals surface area contributed by atoms with Gasteiger partial charge >= 0.3 is 0 Å². The quantitative estimate of drug-likeness (QED) is 0.498. The van der Waals surface area contributed by atoms with E-state index in [4.69, 9.17) is 16.3 Å². The Morgan fingerprint density at radius 1 is 1.16 bits per heavy atom. The molecular formula is C21H22ClN5O3S. The zero-order valence-corrected chi connectivity index (χ0v) is 18.8. The molecule has 0 fully saturated rings. The summed E-state index contributed by atoms with van der Waals surface area (Å²) in [4.78, 5) is 24.7. The lowest BCUT2D eigenvalue weighted by Crippen LogP contribution is -2.28. The van der Waals surface area contributed by atoms with Crippen molar-refractivity contribution in [3.05, 3.63) is 64.9 Å². The molecular weight excluding hydrogens is 438 g/mol. The van der Waals surface area contributed by atoms with Crippen molar-refractivity contribution >= 4 is 40.9 Å². The molecule has 1 aromatic heterocycles. The van der Waals surface area contributed by atoms with E-state index in [0.29, 0.717) is 33.0 Å². The molecule has 0 saturated carbocycles. The molecule has 8 nitrogen and oxygen atoms in total. The fraction of sp³-hybridized carbons (Fsp3) is 0.238. The van der Waals surface area contributed by atoms with Gasteiger partial charge in [-0.2, -0.15) is 0 Å². The summed E-state index contributed by atoms with van der Waals surface area (Å²) in [6.07, 6.45) is 0. The Kier molecular flexibility index (Phi) is 7.54. The summed E-state index contributed by atoms with van der Waals surface area (Å²) < 4.78 is 6.86. The number of benzene rings is 2. The van der Waals surface area contributed by atoms with E-state index in [1.165, 1.54) is 11.8 Å². The van der Waals surface area contributed by atoms with Crippen LogP contribution < -0.4 is 15.4 Å². The number of anilines is 1. The van der Waals surface area contributed by atoms with Gasteiger partial charge in [-0.05, 0) is 43.3 Å². The second kappa shape index (κ2) is 10.3. The van der Waals surface area contributed by atoms with Gasteiger partial charge in [-0.25, -0.2) is 0 Å². The van der Waals surface area contributed by atoms with Crippen LogP contribution in [0.1, 0.15) is 29.1 Å². The highest BCUT2D eigenvalue weighted by molar-refractivity contribution is 7.99. The number of para-hydroxylation sites is 1. The lowest BCUT2D eigenvalue weighted by molar-refractivity contribution is -0.113. The van der Waals surface area contributed by atoms with Crippen LogP contribution in [0.3, 0.4) is 0 Å². The predicted molar refractivity (Wildman–Crippen MR) is 121 cm³/mol. The number of carbonyl (C=O) groups is 2. The topological polar surface area (TPSA) is 98.1 Å². The van der Waals surface area contributed by atoms with Crippen molar-refractivity contribution in [1.82, 2.24) is 20.1 Å². The molecule has 0 saturated heterocycles. The number of nitrogens with one attached hydrogen (secondary N) is 2. The number of nitrogens with zero attached hydrogens (tertiary/aromatic N) is 3. The highest BCUT2D eigenvalue weighted by Gasteiger charge is 2.19. The Hall–Kier alpha value is -3.04. The SMILES string of the molecule is COc1ccc(C(=O)N[C@@H](C)c2nnc(SCC(=O)Nc3ccccc3Cl)n2C)cc1. The van der Waals surface area contributed by atoms with Crippen molar-refractivity contribution in [2.75, 3.05) is 18.2 Å². The Morgan fingerprint density at radius 2 is 1.87 bits per heavy atom. The van der Waals surface area contributed by atoms with E-state index in [1.54, 1.807) is 67.3 Å². The maximum atomic E-state index is 12.5. The lowest BCUT2D eigenvalue weighted by Gasteiger charge is -2.14. The molecule has 0 unspecified atom stereocenters. The van der Waals surface area contributed by atoms with E-state index >= 15 is 0 Å². The molecule has 162 valence electrons. The van der Waals surface area contributed by atoms with E-state index in [0.717, 1.165) is 0 Å². The van der Waals surface area contributed by atoms with Crippen LogP contribution in [0.2, 0.25) is 5.02 Å². The fourth-order valence-corrected chi connectivity index (χ4v) is 3.70. The number of halogens is 1. The first kappa shape index (κ1) is 22.6. The standard InChI is InChI=1S/C21H22ClN5O3S/c1-13(23-20(29)14-8-10-15(30-3)11-9-14)19-25-26-21(27(19)2)31-12-18(28)24-17-7-5-4-6-16(17)22/h4-11,13H,12H2,1-3H3,(H,23,29)(H,24,28)/t13-/m0/s1. The third-order valence-electron chi connectivity index (χ3n) is 4.44. The van der Waals surface area contributed by atoms with Crippen molar-refractivity contribution in [2.45, 2.75) is 18.1 Å². The zero-order valence-electron chi connectivity index (χ0n) is 17.3. The maximum Gasteiger partial charge on any atom is 0.251 e. The second-order valence-electron chi connectivity index (χ2n) is 6.64. The molecule has 2 aromatic carbocycles. The Morgan fingerprint density at radius 3 is 2.55 bits per heavy atom. The Bertz CT molecular complexity index is 1070. The minimum absolute atomic E-state index is 0.143. The molecule has 0 bridgehead atoms. The van der Waals surface area contributed by atoms with Gasteiger partial charge in [-0.15, -0.1) is 10.2 Å². The molecule has 3 rings (SSSR count). The minimum atomic E-state index is -0.376. The first-order chi connectivity index (χ1) is 14.9. The minimum Gasteiger partial charge on any atom is -0.497 e. The van der Waals surface area contributed by atoms with Gasteiger partial charge < -0.3 is 19.9 Å². The molecule has 2 amide bonds. The van der Waals surface area contributed by atoms with Crippen LogP contribution in [0.15, 0.2) is 53.7 Å². The van der Waals surface area contributed by atoms with Gasteiger partial charge in [0, 0.05) is 12.6 Å². The number of rotatable bonds is 8. The number of aromatic nitrogens is 3. The molecule has 3 aromatic rings. The smallest absolute Gasteiger partial charge is 0.251 e. The van der Waals surface area contributed by atoms with E-state index in [-0.39, 0.29) is 23.6 Å². The summed E-state index contributed by atoms with van der Waals surface area (Å²) in [5, 5.41) is 15.0. The first-order valence-corrected chi connectivity index (χ1v) is 10.8. The molecule has 31 heavy (non-hydrogen) atoms. The van der Waals surface area contributed by atoms with Crippen molar-refractivity contribution < 1.29 is 14.3 Å². The van der Waals surface area contributed by atoms with Gasteiger partial charge in [0.25, 0.3) is 5.91 Å². The van der Waals surface area contributed by atoms with Gasteiger partial charge in [0.05, 0.1) is 29.6 Å². The van der Waals surface area contributed by atoms with Gasteiger partial charge in [-0.1, -0.05) is 35.5 Å². The van der Waals surface area contributed by atoms with Crippen LogP contribution in [0, 0.1) is 0 Å². The summed E-state index contributed by atoms with van der Waals surface area (Å²) in [6.45, 7) is 1.82. The third-order valence-corrected chi connectivity index (χ3v) is 5.79. The molecule has 2 N–H and O–H groups in total. The molecule has 1 atom stereocenters. The normalized spacial score (nSPS) is 11.6. The number of methoxy groups -OCH3 is 1. The summed E-state index contributed by atoms with van der Waals surface area (Å²) in [7, 11) is 3.36. The monoisotopic (exact) mass is 459 g/mol. The largest absolute Gasteiger partial charge is 0.497 e. The molecule has 0 spiro atoms. The van der Waals surface area contributed by atoms with Crippen LogP contribution in [0.5, 0.6) is 5.75 Å². The van der Waals surface area contributed by atoms with E-state index in [1.807, 2.05) is 6.92 Å². The third kappa shape index (κ3) is 5.77. The van der Waals surface area contributed by atoms with Gasteiger partial charge in [0.2, 0.25) is 5.91 Å². The van der Waals surface area contributed by atoms with Crippen LogP contribution in [-0.2, 0) is 11.8 Å². The molecule has 10 heteroatoms. The van der Waals surface area contributed by atoms with Gasteiger partial charge in [0.1, 0.15) is 5.75 Å². The molecule has 0 aliphatic carbocycles. The molecule has 0 aliphatic rings. The number of hydrogen-bond donors (Lipinski definition) is 2. The lowest BCUT2D eigenvalue weighted by atomic mass is 10.2. The summed E-state index contributed by atoms with van der Waals surface area (Å²) >= 11 is 7.31. The number of amides is 2. The van der Waals surface area contributed by atoms with Crippen LogP contribution in [0.4, 0.5) is 5.69 Å². The van der Waals surface area contributed by atoms with Gasteiger partial charge in [-0.3, -0.25) is 9.59 Å². The first-order valence-electron chi connectivity index (χ1n) is 9.40. The fourth-order valence-electron chi connectivity index (χ4n) is 2.79. The van der Waals surface area contributed by atoms with E-state index < -0.39 is 0 Å². The van der Waals surface area contributed by atoms with E-state index in [2.05, 4.69) is 20.8 Å². The highest BCUT2D eigenvalue weighted by Crippen LogP contribution is 2.23. The average molecular weight is 460 g/mol. The second-order valence-corrected chi connectivity index (χ2v) is 7.99. The summed E-state index contributed by atoms with van der Waals surface area (Å²) in [5.74, 6) is 0.966. The van der Waals surface area contributed by atoms with Crippen molar-refractivity contribution in [3.8, 4) is 5.75 Å². The number of carbonyl (C=O) groups excluding carboxylic acids is 2. The Labute approximate surface area is 189 Å². The predicted octanol–water partition coefficient (Wildman–Crippen LogP) is 3.70. The van der Waals surface area contributed by atoms with Crippen molar-refractivity contribution in [3.63, 3.8) is 0 Å². The molecule has 0 radical (unpaired) electrons. The average Bonchev–Trinajstić information content (AvgIpc) is 3.14. The number of hydrogen-bond acceptors (Lipinski definition) is 6. The number of ether oxygens (including phenoxy) is 1. The van der Waals surface area contributed by atoms with Crippen molar-refractivity contribution in [2.24, 2.45) is 7.05 Å².